The van der Waals surface area contributed by atoms with E-state index in [1.807, 2.05) is 0 Å². The van der Waals surface area contributed by atoms with E-state index in [0.29, 0.717) is 6.61 Å². The minimum absolute atomic E-state index is 0.163. The Balaban J connectivity index is 3.48. The van der Waals surface area contributed by atoms with Crippen LogP contribution in [0.15, 0.2) is 12.2 Å². The second-order valence-corrected chi connectivity index (χ2v) is 2.32. The summed E-state index contributed by atoms with van der Waals surface area (Å²) in [5.74, 6) is -1.14. The number of esters is 2. The molecule has 0 saturated heterocycles. The molecule has 0 aromatic rings. The molecule has 0 bridgehead atoms. The number of carbonyl (C=O) groups excluding carboxylic acids is 2. The molecule has 0 heterocycles. The second kappa shape index (κ2) is 8.25. The van der Waals surface area contributed by atoms with Gasteiger partial charge in [0.2, 0.25) is 0 Å². The van der Waals surface area contributed by atoms with Gasteiger partial charge in [-0.15, -0.1) is 0 Å². The predicted molar refractivity (Wildman–Crippen MR) is 48.6 cm³/mol. The third-order valence-electron chi connectivity index (χ3n) is 1.19. The number of rotatable bonds is 6. The Morgan fingerprint density at radius 1 is 1.21 bits per heavy atom. The lowest BCUT2D eigenvalue weighted by molar-refractivity contribution is -0.156. The van der Waals surface area contributed by atoms with E-state index >= 15 is 0 Å². The van der Waals surface area contributed by atoms with Crippen LogP contribution in [-0.2, 0) is 23.8 Å². The molecule has 0 atom stereocenters. The molecule has 0 amide bonds. The lowest BCUT2D eigenvalue weighted by atomic mass is 10.5. The highest BCUT2D eigenvalue weighted by molar-refractivity contribution is 5.84. The summed E-state index contributed by atoms with van der Waals surface area (Å²) in [6.45, 7) is 1.80. The minimum Gasteiger partial charge on any atom is -0.461 e. The van der Waals surface area contributed by atoms with Gasteiger partial charge in [0, 0.05) is 13.2 Å². The average Bonchev–Trinajstić information content (AvgIpc) is 2.16. The Hall–Kier alpha value is -1.36. The van der Waals surface area contributed by atoms with Crippen LogP contribution < -0.4 is 0 Å². The van der Waals surface area contributed by atoms with Crippen molar-refractivity contribution >= 4 is 11.9 Å². The topological polar surface area (TPSA) is 61.8 Å². The largest absolute Gasteiger partial charge is 0.461 e. The van der Waals surface area contributed by atoms with Crippen molar-refractivity contribution in [2.24, 2.45) is 0 Å². The number of methoxy groups -OCH3 is 1. The zero-order chi connectivity index (χ0) is 10.8. The maximum absolute atomic E-state index is 10.8. The van der Waals surface area contributed by atoms with Crippen molar-refractivity contribution in [3.05, 3.63) is 12.2 Å². The third-order valence-corrected chi connectivity index (χ3v) is 1.19. The molecule has 0 unspecified atom stereocenters. The van der Waals surface area contributed by atoms with Crippen molar-refractivity contribution in [3.8, 4) is 0 Å². The molecule has 0 aliphatic rings. The van der Waals surface area contributed by atoms with E-state index in [0.717, 1.165) is 0 Å². The number of carbonyl (C=O) groups is 2. The van der Waals surface area contributed by atoms with Gasteiger partial charge in [0.05, 0.1) is 6.61 Å². The second-order valence-electron chi connectivity index (χ2n) is 2.32. The Bertz CT molecular complexity index is 209. The average molecular weight is 202 g/mol. The standard InChI is InChI=1S/C9H14O5/c1-3-4-8(10)14-7-9(11)13-6-5-12-2/h3-4H,5-7H2,1-2H3/b4-3+. The number of hydrogen-bond donors (Lipinski definition) is 0. The fourth-order valence-corrected chi connectivity index (χ4v) is 0.595. The summed E-state index contributed by atoms with van der Waals surface area (Å²) in [5, 5.41) is 0. The Morgan fingerprint density at radius 2 is 1.93 bits per heavy atom. The molecule has 0 fully saturated rings. The lowest BCUT2D eigenvalue weighted by Gasteiger charge is -2.03. The fraction of sp³-hybridized carbons (Fsp3) is 0.556. The van der Waals surface area contributed by atoms with Gasteiger partial charge in [-0.25, -0.2) is 9.59 Å². The van der Waals surface area contributed by atoms with Crippen LogP contribution >= 0.6 is 0 Å². The summed E-state index contributed by atoms with van der Waals surface area (Å²) in [6, 6.07) is 0. The highest BCUT2D eigenvalue weighted by Crippen LogP contribution is 1.85. The molecule has 80 valence electrons. The van der Waals surface area contributed by atoms with Crippen LogP contribution in [-0.4, -0.2) is 38.9 Å². The molecular weight excluding hydrogens is 188 g/mol. The smallest absolute Gasteiger partial charge is 0.344 e. The first-order chi connectivity index (χ1) is 6.70. The van der Waals surface area contributed by atoms with Crippen LogP contribution in [0.4, 0.5) is 0 Å². The molecule has 0 aliphatic heterocycles. The maximum atomic E-state index is 10.8. The van der Waals surface area contributed by atoms with Gasteiger partial charge >= 0.3 is 11.9 Å². The Morgan fingerprint density at radius 3 is 2.50 bits per heavy atom. The molecule has 0 saturated carbocycles. The first-order valence-corrected chi connectivity index (χ1v) is 4.14. The van der Waals surface area contributed by atoms with Gasteiger partial charge in [-0.3, -0.25) is 0 Å². The Kier molecular flexibility index (Phi) is 7.45. The van der Waals surface area contributed by atoms with Gasteiger partial charge in [0.1, 0.15) is 6.61 Å². The van der Waals surface area contributed by atoms with Crippen LogP contribution in [0.25, 0.3) is 0 Å². The van der Waals surface area contributed by atoms with E-state index in [9.17, 15) is 9.59 Å². The summed E-state index contributed by atoms with van der Waals surface area (Å²) < 4.78 is 13.8. The van der Waals surface area contributed by atoms with E-state index < -0.39 is 11.9 Å². The zero-order valence-electron chi connectivity index (χ0n) is 8.32. The van der Waals surface area contributed by atoms with Crippen molar-refractivity contribution in [1.29, 1.82) is 0 Å². The van der Waals surface area contributed by atoms with Crippen LogP contribution in [0.2, 0.25) is 0 Å². The van der Waals surface area contributed by atoms with Crippen LogP contribution in [0, 0.1) is 0 Å². The third kappa shape index (κ3) is 7.30. The van der Waals surface area contributed by atoms with E-state index in [2.05, 4.69) is 14.2 Å². The van der Waals surface area contributed by atoms with E-state index in [4.69, 9.17) is 0 Å². The van der Waals surface area contributed by atoms with Crippen molar-refractivity contribution < 1.29 is 23.8 Å². The summed E-state index contributed by atoms with van der Waals surface area (Å²) in [7, 11) is 1.50. The first-order valence-electron chi connectivity index (χ1n) is 4.14. The number of ether oxygens (including phenoxy) is 3. The fourth-order valence-electron chi connectivity index (χ4n) is 0.595. The lowest BCUT2D eigenvalue weighted by Crippen LogP contribution is -2.17. The highest BCUT2D eigenvalue weighted by Gasteiger charge is 2.05. The normalized spacial score (nSPS) is 10.1. The minimum atomic E-state index is -0.583. The molecule has 5 heteroatoms. The summed E-state index contributed by atoms with van der Waals surface area (Å²) >= 11 is 0. The number of hydrogen-bond acceptors (Lipinski definition) is 5. The molecule has 0 rings (SSSR count). The SMILES string of the molecule is C/C=C/C(=O)OCC(=O)OCCOC. The van der Waals surface area contributed by atoms with Crippen molar-refractivity contribution in [3.63, 3.8) is 0 Å². The molecule has 0 aliphatic carbocycles. The molecular formula is C9H14O5. The molecule has 5 nitrogen and oxygen atoms in total. The van der Waals surface area contributed by atoms with Gasteiger partial charge in [-0.05, 0) is 6.92 Å². The zero-order valence-corrected chi connectivity index (χ0v) is 8.32. The molecule has 0 spiro atoms. The van der Waals surface area contributed by atoms with Gasteiger partial charge in [-0.2, -0.15) is 0 Å². The predicted octanol–water partition coefficient (Wildman–Crippen LogP) is 0.295. The quantitative estimate of drug-likeness (QED) is 0.352. The van der Waals surface area contributed by atoms with Crippen LogP contribution in [0.1, 0.15) is 6.92 Å². The Labute approximate surface area is 82.6 Å². The van der Waals surface area contributed by atoms with Crippen molar-refractivity contribution in [1.82, 2.24) is 0 Å². The summed E-state index contributed by atoms with van der Waals surface area (Å²) in [5.41, 5.74) is 0. The first kappa shape index (κ1) is 12.6. The monoisotopic (exact) mass is 202 g/mol. The molecule has 0 N–H and O–H groups in total. The van der Waals surface area contributed by atoms with E-state index in [1.54, 1.807) is 6.92 Å². The van der Waals surface area contributed by atoms with E-state index in [1.165, 1.54) is 19.3 Å². The highest BCUT2D eigenvalue weighted by atomic mass is 16.6. The maximum Gasteiger partial charge on any atom is 0.344 e. The van der Waals surface area contributed by atoms with Gasteiger partial charge < -0.3 is 14.2 Å². The van der Waals surface area contributed by atoms with E-state index in [-0.39, 0.29) is 13.2 Å². The van der Waals surface area contributed by atoms with Gasteiger partial charge in [-0.1, -0.05) is 6.08 Å². The molecule has 0 radical (unpaired) electrons. The van der Waals surface area contributed by atoms with Crippen LogP contribution in [0.3, 0.4) is 0 Å². The molecule has 0 aromatic heterocycles. The molecule has 14 heavy (non-hydrogen) atoms. The van der Waals surface area contributed by atoms with Crippen molar-refractivity contribution in [2.75, 3.05) is 26.9 Å². The van der Waals surface area contributed by atoms with Crippen molar-refractivity contribution in [2.45, 2.75) is 6.92 Å². The molecule has 0 aromatic carbocycles. The number of allylic oxidation sites excluding steroid dienone is 1. The summed E-state index contributed by atoms with van der Waals surface area (Å²) in [6.07, 6.45) is 2.75. The van der Waals surface area contributed by atoms with Crippen LogP contribution in [0.5, 0.6) is 0 Å². The van der Waals surface area contributed by atoms with Gasteiger partial charge in [0.15, 0.2) is 6.61 Å². The summed E-state index contributed by atoms with van der Waals surface area (Å²) in [4.78, 5) is 21.6. The van der Waals surface area contributed by atoms with Gasteiger partial charge in [0.25, 0.3) is 0 Å².